The van der Waals surface area contributed by atoms with Gasteiger partial charge in [-0.3, -0.25) is 0 Å². The van der Waals surface area contributed by atoms with E-state index in [9.17, 15) is 17.2 Å². The average molecular weight is 288 g/mol. The van der Waals surface area contributed by atoms with Crippen LogP contribution < -0.4 is 0 Å². The lowest BCUT2D eigenvalue weighted by Gasteiger charge is -1.97. The molecule has 6 heteroatoms. The fraction of sp³-hybridized carbons (Fsp3) is 0.167. The predicted molar refractivity (Wildman–Crippen MR) is 68.8 cm³/mol. The molecule has 0 spiro atoms. The second-order valence-electron chi connectivity index (χ2n) is 3.70. The molecule has 0 radical (unpaired) electrons. The van der Waals surface area contributed by atoms with E-state index in [1.54, 1.807) is 6.07 Å². The quantitative estimate of drug-likeness (QED) is 0.856. The van der Waals surface area contributed by atoms with Crippen molar-refractivity contribution in [3.8, 4) is 0 Å². The van der Waals surface area contributed by atoms with Crippen LogP contribution in [0.2, 0.25) is 0 Å². The van der Waals surface area contributed by atoms with Gasteiger partial charge in [-0.2, -0.15) is 8.78 Å². The van der Waals surface area contributed by atoms with Crippen LogP contribution in [0.3, 0.4) is 0 Å². The Bertz CT molecular complexity index is 650. The number of allylic oxidation sites excluding steroid dienone is 1. The number of halogens is 2. The van der Waals surface area contributed by atoms with Crippen molar-refractivity contribution < 1.29 is 17.2 Å². The van der Waals surface area contributed by atoms with Crippen molar-refractivity contribution in [2.45, 2.75) is 10.6 Å². The zero-order valence-corrected chi connectivity index (χ0v) is 10.9. The van der Waals surface area contributed by atoms with E-state index in [2.05, 4.69) is 0 Å². The first-order valence-corrected chi connectivity index (χ1v) is 7.68. The molecule has 1 aromatic heterocycles. The third kappa shape index (κ3) is 2.94. The SMILES string of the molecule is O=S(=O)(CCC=C(F)F)c1cc2ccccc2s1. The molecular formula is C12H10F2O2S2. The van der Waals surface area contributed by atoms with E-state index in [1.807, 2.05) is 24.3 Å². The van der Waals surface area contributed by atoms with Crippen molar-refractivity contribution in [1.82, 2.24) is 0 Å². The van der Waals surface area contributed by atoms with Gasteiger partial charge in [0.1, 0.15) is 4.21 Å². The highest BCUT2D eigenvalue weighted by Gasteiger charge is 2.16. The zero-order valence-electron chi connectivity index (χ0n) is 9.27. The molecule has 0 saturated heterocycles. The molecule has 0 bridgehead atoms. The minimum atomic E-state index is -3.48. The van der Waals surface area contributed by atoms with Gasteiger partial charge < -0.3 is 0 Å². The van der Waals surface area contributed by atoms with E-state index in [-0.39, 0.29) is 16.4 Å². The van der Waals surface area contributed by atoms with Crippen LogP contribution in [0.4, 0.5) is 8.78 Å². The summed E-state index contributed by atoms with van der Waals surface area (Å²) >= 11 is 1.17. The Balaban J connectivity index is 2.26. The Morgan fingerprint density at radius 2 is 2.00 bits per heavy atom. The highest BCUT2D eigenvalue weighted by molar-refractivity contribution is 7.93. The second kappa shape index (κ2) is 5.16. The lowest BCUT2D eigenvalue weighted by Crippen LogP contribution is -2.03. The Morgan fingerprint density at radius 3 is 2.67 bits per heavy atom. The molecule has 0 aliphatic carbocycles. The molecule has 0 unspecified atom stereocenters. The number of hydrogen-bond donors (Lipinski definition) is 0. The van der Waals surface area contributed by atoms with E-state index in [4.69, 9.17) is 0 Å². The summed E-state index contributed by atoms with van der Waals surface area (Å²) < 4.78 is 48.6. The fourth-order valence-electron chi connectivity index (χ4n) is 1.53. The first-order chi connectivity index (χ1) is 8.49. The van der Waals surface area contributed by atoms with Crippen LogP contribution in [0.25, 0.3) is 10.1 Å². The molecule has 1 aromatic carbocycles. The first-order valence-electron chi connectivity index (χ1n) is 5.21. The third-order valence-electron chi connectivity index (χ3n) is 2.39. The van der Waals surface area contributed by atoms with Gasteiger partial charge in [-0.05, 0) is 30.0 Å². The Labute approximate surface area is 107 Å². The maximum Gasteiger partial charge on any atom is 0.266 e. The van der Waals surface area contributed by atoms with Crippen LogP contribution in [0.1, 0.15) is 6.42 Å². The molecule has 0 fully saturated rings. The molecule has 0 aliphatic heterocycles. The maximum atomic E-state index is 11.9. The average Bonchev–Trinajstić information content (AvgIpc) is 2.72. The number of thiophene rings is 1. The van der Waals surface area contributed by atoms with Crippen LogP contribution in [-0.2, 0) is 9.84 Å². The van der Waals surface area contributed by atoms with Crippen molar-refractivity contribution in [3.05, 3.63) is 42.5 Å². The minimum Gasteiger partial charge on any atom is -0.223 e. The van der Waals surface area contributed by atoms with Gasteiger partial charge in [0.2, 0.25) is 0 Å². The van der Waals surface area contributed by atoms with Crippen LogP contribution in [0, 0.1) is 0 Å². The molecular weight excluding hydrogens is 278 g/mol. The number of fused-ring (bicyclic) bond motifs is 1. The van der Waals surface area contributed by atoms with E-state index in [0.717, 1.165) is 10.1 Å². The monoisotopic (exact) mass is 288 g/mol. The molecule has 0 saturated carbocycles. The lowest BCUT2D eigenvalue weighted by molar-refractivity contribution is 0.418. The van der Waals surface area contributed by atoms with Gasteiger partial charge in [-0.15, -0.1) is 11.3 Å². The van der Waals surface area contributed by atoms with Gasteiger partial charge in [-0.25, -0.2) is 8.42 Å². The Hall–Kier alpha value is -1.27. The number of benzene rings is 1. The van der Waals surface area contributed by atoms with E-state index < -0.39 is 15.9 Å². The topological polar surface area (TPSA) is 34.1 Å². The highest BCUT2D eigenvalue weighted by atomic mass is 32.2. The Kier molecular flexibility index (Phi) is 3.77. The molecule has 0 atom stereocenters. The summed E-state index contributed by atoms with van der Waals surface area (Å²) in [5.41, 5.74) is 0. The lowest BCUT2D eigenvalue weighted by atomic mass is 10.3. The number of rotatable bonds is 4. The van der Waals surface area contributed by atoms with Crippen molar-refractivity contribution in [2.75, 3.05) is 5.75 Å². The normalized spacial score (nSPS) is 11.7. The molecule has 0 amide bonds. The standard InChI is InChI=1S/C12H10F2O2S2/c13-11(14)6-3-7-18(15,16)12-8-9-4-1-2-5-10(9)17-12/h1-2,4-6,8H,3,7H2. The van der Waals surface area contributed by atoms with E-state index in [1.165, 1.54) is 11.3 Å². The fourth-order valence-corrected chi connectivity index (χ4v) is 4.29. The van der Waals surface area contributed by atoms with Crippen molar-refractivity contribution in [3.63, 3.8) is 0 Å². The molecule has 1 heterocycles. The molecule has 2 rings (SSSR count). The van der Waals surface area contributed by atoms with Crippen molar-refractivity contribution in [1.29, 1.82) is 0 Å². The second-order valence-corrected chi connectivity index (χ2v) is 7.12. The largest absolute Gasteiger partial charge is 0.266 e. The van der Waals surface area contributed by atoms with Crippen LogP contribution >= 0.6 is 11.3 Å². The van der Waals surface area contributed by atoms with Gasteiger partial charge >= 0.3 is 0 Å². The van der Waals surface area contributed by atoms with Gasteiger partial charge in [-0.1, -0.05) is 18.2 Å². The highest BCUT2D eigenvalue weighted by Crippen LogP contribution is 2.29. The van der Waals surface area contributed by atoms with E-state index in [0.29, 0.717) is 6.08 Å². The van der Waals surface area contributed by atoms with Gasteiger partial charge in [0, 0.05) is 4.70 Å². The summed E-state index contributed by atoms with van der Waals surface area (Å²) in [5, 5.41) is 0.855. The van der Waals surface area contributed by atoms with Gasteiger partial charge in [0.15, 0.2) is 9.84 Å². The van der Waals surface area contributed by atoms with Crippen molar-refractivity contribution in [2.24, 2.45) is 0 Å². The number of hydrogen-bond acceptors (Lipinski definition) is 3. The van der Waals surface area contributed by atoms with Crippen LogP contribution in [0.15, 0.2) is 46.7 Å². The molecule has 2 nitrogen and oxygen atoms in total. The third-order valence-corrected chi connectivity index (χ3v) is 5.82. The Morgan fingerprint density at radius 1 is 1.28 bits per heavy atom. The van der Waals surface area contributed by atoms with E-state index >= 15 is 0 Å². The smallest absolute Gasteiger partial charge is 0.223 e. The summed E-state index contributed by atoms with van der Waals surface area (Å²) in [6, 6.07) is 8.90. The molecule has 2 aromatic rings. The first kappa shape index (κ1) is 13.2. The summed E-state index contributed by atoms with van der Waals surface area (Å²) in [5.74, 6) is -0.294. The maximum absolute atomic E-state index is 11.9. The summed E-state index contributed by atoms with van der Waals surface area (Å²) in [7, 11) is -3.48. The molecule has 18 heavy (non-hydrogen) atoms. The van der Waals surface area contributed by atoms with Crippen LogP contribution in [-0.4, -0.2) is 14.2 Å². The summed E-state index contributed by atoms with van der Waals surface area (Å²) in [4.78, 5) is 0. The molecule has 0 aliphatic rings. The summed E-state index contributed by atoms with van der Waals surface area (Å²) in [6.07, 6.45) is -1.38. The van der Waals surface area contributed by atoms with Crippen molar-refractivity contribution >= 4 is 31.3 Å². The van der Waals surface area contributed by atoms with Gasteiger partial charge in [0.05, 0.1) is 5.75 Å². The molecule has 0 N–H and O–H groups in total. The number of sulfone groups is 1. The predicted octanol–water partition coefficient (Wildman–Crippen LogP) is 3.85. The van der Waals surface area contributed by atoms with Crippen LogP contribution in [0.5, 0.6) is 0 Å². The zero-order chi connectivity index (χ0) is 13.2. The molecule has 96 valence electrons. The van der Waals surface area contributed by atoms with Gasteiger partial charge in [0.25, 0.3) is 6.08 Å². The minimum absolute atomic E-state index is 0.168. The summed E-state index contributed by atoms with van der Waals surface area (Å²) in [6.45, 7) is 0.